The van der Waals surface area contributed by atoms with Gasteiger partial charge < -0.3 is 10.2 Å². The van der Waals surface area contributed by atoms with Gasteiger partial charge in [-0.15, -0.1) is 0 Å². The smallest absolute Gasteiger partial charge is 0.481 e. The van der Waals surface area contributed by atoms with Crippen molar-refractivity contribution in [1.29, 1.82) is 0 Å². The van der Waals surface area contributed by atoms with Crippen LogP contribution in [0.2, 0.25) is 0 Å². The quantitative estimate of drug-likeness (QED) is 0.579. The average Bonchev–Trinajstić information content (AvgIpc) is 1.80. The Hall–Kier alpha value is -1.00. The van der Waals surface area contributed by atoms with Crippen molar-refractivity contribution in [3.63, 3.8) is 0 Å². The van der Waals surface area contributed by atoms with Crippen molar-refractivity contribution in [2.45, 2.75) is 20.3 Å². The molecule has 0 amide bonds. The molecule has 0 heterocycles. The summed E-state index contributed by atoms with van der Waals surface area (Å²) < 4.78 is 10.3. The molecular formula is C7H14O6P+. The molecule has 7 heteroatoms. The first-order valence-corrected chi connectivity index (χ1v) is 4.88. The van der Waals surface area contributed by atoms with Crippen molar-refractivity contribution in [2.75, 3.05) is 6.16 Å². The van der Waals surface area contributed by atoms with Crippen LogP contribution in [0.15, 0.2) is 0 Å². The zero-order chi connectivity index (χ0) is 10.4. The molecule has 0 rings (SSSR count). The highest BCUT2D eigenvalue weighted by molar-refractivity contribution is 7.38. The minimum absolute atomic E-state index is 0. The van der Waals surface area contributed by atoms with Gasteiger partial charge in [-0.25, -0.2) is 0 Å². The first-order valence-electron chi connectivity index (χ1n) is 3.49. The van der Waals surface area contributed by atoms with E-state index in [1.54, 1.807) is 0 Å². The van der Waals surface area contributed by atoms with Gasteiger partial charge in [-0.05, 0) is 4.57 Å². The Morgan fingerprint density at radius 3 is 1.71 bits per heavy atom. The van der Waals surface area contributed by atoms with Crippen molar-refractivity contribution < 1.29 is 29.3 Å². The summed E-state index contributed by atoms with van der Waals surface area (Å²) >= 11 is 0. The van der Waals surface area contributed by atoms with Gasteiger partial charge in [0.15, 0.2) is 6.16 Å². The van der Waals surface area contributed by atoms with Crippen LogP contribution in [0, 0.1) is 5.92 Å². The predicted octanol–water partition coefficient (Wildman–Crippen LogP) is 0.923. The van der Waals surface area contributed by atoms with E-state index >= 15 is 0 Å². The van der Waals surface area contributed by atoms with Gasteiger partial charge >= 0.3 is 20.0 Å². The molecule has 0 aromatic carbocycles. The standard InChI is InChI=1S/C6H9O6P.CH4/c7-5(8)1-4(2-6(9)10)3-13(11)12;/h4H,1-3H2,(H2-,7,8,9,10,11,12);1H4/p+1. The summed E-state index contributed by atoms with van der Waals surface area (Å²) in [7, 11) is -2.48. The highest BCUT2D eigenvalue weighted by atomic mass is 31.1. The second-order valence-electron chi connectivity index (χ2n) is 2.60. The van der Waals surface area contributed by atoms with Gasteiger partial charge in [0, 0.05) is 5.92 Å². The van der Waals surface area contributed by atoms with Gasteiger partial charge in [-0.1, -0.05) is 7.43 Å². The lowest BCUT2D eigenvalue weighted by atomic mass is 10.0. The molecule has 1 atom stereocenters. The van der Waals surface area contributed by atoms with Crippen molar-refractivity contribution >= 4 is 20.0 Å². The fourth-order valence-corrected chi connectivity index (χ4v) is 1.62. The van der Waals surface area contributed by atoms with Crippen LogP contribution in [-0.4, -0.2) is 33.2 Å². The van der Waals surface area contributed by atoms with Crippen molar-refractivity contribution in [3.05, 3.63) is 0 Å². The van der Waals surface area contributed by atoms with Crippen LogP contribution in [0.5, 0.6) is 0 Å². The molecule has 82 valence electrons. The van der Waals surface area contributed by atoms with Crippen LogP contribution in [0.4, 0.5) is 0 Å². The molecule has 0 saturated carbocycles. The molecule has 0 aromatic heterocycles. The highest BCUT2D eigenvalue weighted by Gasteiger charge is 2.25. The number of carbonyl (C=O) groups is 2. The van der Waals surface area contributed by atoms with E-state index in [9.17, 15) is 14.2 Å². The lowest BCUT2D eigenvalue weighted by Crippen LogP contribution is -2.14. The van der Waals surface area contributed by atoms with Gasteiger partial charge in [0.2, 0.25) is 0 Å². The van der Waals surface area contributed by atoms with Crippen LogP contribution >= 0.6 is 8.03 Å². The third-order valence-electron chi connectivity index (χ3n) is 1.34. The van der Waals surface area contributed by atoms with Crippen molar-refractivity contribution in [3.8, 4) is 0 Å². The number of rotatable bonds is 6. The molecule has 1 unspecified atom stereocenters. The van der Waals surface area contributed by atoms with E-state index in [4.69, 9.17) is 15.1 Å². The zero-order valence-corrected chi connectivity index (χ0v) is 7.61. The lowest BCUT2D eigenvalue weighted by Gasteiger charge is -2.03. The topological polar surface area (TPSA) is 112 Å². The highest BCUT2D eigenvalue weighted by Crippen LogP contribution is 2.22. The molecule has 6 nitrogen and oxygen atoms in total. The minimum atomic E-state index is -2.48. The second kappa shape index (κ2) is 7.41. The predicted molar refractivity (Wildman–Crippen MR) is 49.4 cm³/mol. The maximum Gasteiger partial charge on any atom is 0.505 e. The molecule has 0 aliphatic rings. The average molecular weight is 225 g/mol. The lowest BCUT2D eigenvalue weighted by molar-refractivity contribution is -0.140. The Morgan fingerprint density at radius 2 is 1.50 bits per heavy atom. The van der Waals surface area contributed by atoms with Gasteiger partial charge in [0.1, 0.15) is 0 Å². The summed E-state index contributed by atoms with van der Waals surface area (Å²) in [5.74, 6) is -3.10. The number of aliphatic carboxylic acids is 2. The molecule has 14 heavy (non-hydrogen) atoms. The maximum atomic E-state index is 10.3. The summed E-state index contributed by atoms with van der Waals surface area (Å²) in [6, 6.07) is 0. The van der Waals surface area contributed by atoms with E-state index in [1.165, 1.54) is 0 Å². The summed E-state index contributed by atoms with van der Waals surface area (Å²) in [5, 5.41) is 16.7. The molecule has 3 N–H and O–H groups in total. The van der Waals surface area contributed by atoms with Crippen molar-refractivity contribution in [2.24, 2.45) is 5.92 Å². The van der Waals surface area contributed by atoms with Gasteiger partial charge in [-0.2, -0.15) is 4.89 Å². The van der Waals surface area contributed by atoms with Crippen molar-refractivity contribution in [1.82, 2.24) is 0 Å². The van der Waals surface area contributed by atoms with E-state index in [2.05, 4.69) is 0 Å². The van der Waals surface area contributed by atoms with Crippen LogP contribution in [0.3, 0.4) is 0 Å². The van der Waals surface area contributed by atoms with E-state index < -0.39 is 38.7 Å². The summed E-state index contributed by atoms with van der Waals surface area (Å²) in [6.45, 7) is 0. The third kappa shape index (κ3) is 9.09. The third-order valence-corrected chi connectivity index (χ3v) is 2.17. The maximum absolute atomic E-state index is 10.3. The number of hydrogen-bond donors (Lipinski definition) is 3. The monoisotopic (exact) mass is 225 g/mol. The Bertz CT molecular complexity index is 188. The molecule has 0 saturated heterocycles. The molecule has 0 fully saturated rings. The SMILES string of the molecule is C.O=C(O)CC(CC(=O)O)C[P+](=O)O. The van der Waals surface area contributed by atoms with Gasteiger partial charge in [0.05, 0.1) is 12.8 Å². The van der Waals surface area contributed by atoms with Gasteiger partial charge in [-0.3, -0.25) is 9.59 Å². The first kappa shape index (κ1) is 15.5. The number of carboxylic acid groups (broad SMARTS) is 2. The second-order valence-corrected chi connectivity index (χ2v) is 3.67. The Kier molecular flexibility index (Phi) is 8.19. The molecular weight excluding hydrogens is 211 g/mol. The van der Waals surface area contributed by atoms with E-state index in [-0.39, 0.29) is 13.6 Å². The minimum Gasteiger partial charge on any atom is -0.481 e. The van der Waals surface area contributed by atoms with Crippen LogP contribution in [-0.2, 0) is 14.2 Å². The molecule has 0 aliphatic carbocycles. The molecule has 0 spiro atoms. The number of carboxylic acids is 2. The number of hydrogen-bond acceptors (Lipinski definition) is 3. The summed E-state index contributed by atoms with van der Waals surface area (Å²) in [5.41, 5.74) is 0. The summed E-state index contributed by atoms with van der Waals surface area (Å²) in [6.07, 6.45) is -1.07. The fourth-order valence-electron chi connectivity index (χ4n) is 0.916. The molecule has 0 radical (unpaired) electrons. The van der Waals surface area contributed by atoms with E-state index in [1.807, 2.05) is 0 Å². The van der Waals surface area contributed by atoms with Crippen LogP contribution < -0.4 is 0 Å². The zero-order valence-electron chi connectivity index (χ0n) is 6.71. The fraction of sp³-hybridized carbons (Fsp3) is 0.714. The Morgan fingerprint density at radius 1 is 1.14 bits per heavy atom. The van der Waals surface area contributed by atoms with Crippen LogP contribution in [0.25, 0.3) is 0 Å². The van der Waals surface area contributed by atoms with Crippen LogP contribution in [0.1, 0.15) is 20.3 Å². The van der Waals surface area contributed by atoms with E-state index in [0.29, 0.717) is 0 Å². The Labute approximate surface area is 82.4 Å². The van der Waals surface area contributed by atoms with E-state index in [0.717, 1.165) is 0 Å². The largest absolute Gasteiger partial charge is 0.505 e. The molecule has 0 aliphatic heterocycles. The summed E-state index contributed by atoms with van der Waals surface area (Å²) in [4.78, 5) is 28.9. The normalized spacial score (nSPS) is 10.6. The molecule has 0 bridgehead atoms. The first-order chi connectivity index (χ1) is 5.91. The van der Waals surface area contributed by atoms with Gasteiger partial charge in [0.25, 0.3) is 0 Å². The Balaban J connectivity index is 0. The molecule has 0 aromatic rings.